The normalized spacial score (nSPS) is 14.6. The van der Waals surface area contributed by atoms with Gasteiger partial charge in [0.25, 0.3) is 0 Å². The van der Waals surface area contributed by atoms with E-state index < -0.39 is 0 Å². The fourth-order valence-corrected chi connectivity index (χ4v) is 4.14. The van der Waals surface area contributed by atoms with Crippen molar-refractivity contribution >= 4 is 29.1 Å². The van der Waals surface area contributed by atoms with Crippen LogP contribution in [0.3, 0.4) is 0 Å². The number of rotatable bonds is 8. The Morgan fingerprint density at radius 3 is 2.61 bits per heavy atom. The van der Waals surface area contributed by atoms with Gasteiger partial charge in [0.15, 0.2) is 16.8 Å². The summed E-state index contributed by atoms with van der Waals surface area (Å²) in [5.74, 6) is 1.46. The Labute approximate surface area is 173 Å². The molecule has 0 bridgehead atoms. The van der Waals surface area contributed by atoms with Crippen molar-refractivity contribution in [1.29, 1.82) is 0 Å². The third-order valence-electron chi connectivity index (χ3n) is 4.55. The van der Waals surface area contributed by atoms with Crippen molar-refractivity contribution in [3.05, 3.63) is 71.0 Å². The molecule has 5 nitrogen and oxygen atoms in total. The fraction of sp³-hybridized carbons (Fsp3) is 0.286. The number of carbonyl (C=O) groups is 1. The second kappa shape index (κ2) is 8.37. The molecule has 1 fully saturated rings. The van der Waals surface area contributed by atoms with E-state index in [9.17, 15) is 4.79 Å². The summed E-state index contributed by atoms with van der Waals surface area (Å²) in [6, 6.07) is 17.1. The number of hydrogen-bond acceptors (Lipinski definition) is 5. The number of benzene rings is 2. The van der Waals surface area contributed by atoms with Gasteiger partial charge < -0.3 is 4.74 Å². The van der Waals surface area contributed by atoms with Gasteiger partial charge in [-0.15, -0.1) is 10.2 Å². The lowest BCUT2D eigenvalue weighted by Crippen LogP contribution is -2.15. The monoisotopic (exact) mass is 413 g/mol. The van der Waals surface area contributed by atoms with Crippen LogP contribution in [-0.4, -0.2) is 25.8 Å². The summed E-state index contributed by atoms with van der Waals surface area (Å²) in [6.07, 6.45) is 2.18. The molecule has 0 amide bonds. The first-order valence-corrected chi connectivity index (χ1v) is 10.5. The van der Waals surface area contributed by atoms with E-state index in [4.69, 9.17) is 16.3 Å². The highest BCUT2D eigenvalue weighted by Gasteiger charge is 2.31. The molecule has 1 unspecified atom stereocenters. The Kier molecular flexibility index (Phi) is 5.69. The van der Waals surface area contributed by atoms with Crippen LogP contribution in [0.15, 0.2) is 59.8 Å². The highest BCUT2D eigenvalue weighted by molar-refractivity contribution is 8.00. The topological polar surface area (TPSA) is 57.0 Å². The number of Topliss-reactive ketones (excluding diaryl/α,β-unsaturated/α-hetero) is 1. The van der Waals surface area contributed by atoms with Crippen molar-refractivity contribution in [1.82, 2.24) is 14.8 Å². The third kappa shape index (κ3) is 4.23. The van der Waals surface area contributed by atoms with Gasteiger partial charge in [-0.2, -0.15) is 0 Å². The zero-order valence-corrected chi connectivity index (χ0v) is 17.0. The second-order valence-electron chi connectivity index (χ2n) is 6.71. The van der Waals surface area contributed by atoms with Crippen molar-refractivity contribution in [2.24, 2.45) is 0 Å². The lowest BCUT2D eigenvalue weighted by atomic mass is 10.1. The average molecular weight is 414 g/mol. The molecule has 7 heteroatoms. The molecule has 1 aliphatic carbocycles. The quantitative estimate of drug-likeness (QED) is 0.375. The van der Waals surface area contributed by atoms with Crippen LogP contribution >= 0.6 is 23.4 Å². The van der Waals surface area contributed by atoms with Crippen LogP contribution in [-0.2, 0) is 6.61 Å². The van der Waals surface area contributed by atoms with Gasteiger partial charge in [0, 0.05) is 11.6 Å². The van der Waals surface area contributed by atoms with Crippen LogP contribution in [0.1, 0.15) is 42.0 Å². The summed E-state index contributed by atoms with van der Waals surface area (Å²) in [6.45, 7) is 2.20. The van der Waals surface area contributed by atoms with E-state index in [1.54, 1.807) is 6.07 Å². The smallest absolute Gasteiger partial charge is 0.192 e. The second-order valence-corrected chi connectivity index (χ2v) is 8.42. The number of hydrogen-bond donors (Lipinski definition) is 0. The minimum absolute atomic E-state index is 0.0878. The lowest BCUT2D eigenvalue weighted by Gasteiger charge is -2.13. The molecule has 144 valence electrons. The average Bonchev–Trinajstić information content (AvgIpc) is 3.48. The Balaban J connectivity index is 1.49. The minimum atomic E-state index is -0.249. The first-order valence-electron chi connectivity index (χ1n) is 9.20. The van der Waals surface area contributed by atoms with E-state index in [1.165, 1.54) is 11.8 Å². The first kappa shape index (κ1) is 19.0. The number of aromatic nitrogens is 3. The lowest BCUT2D eigenvalue weighted by molar-refractivity contribution is 0.0994. The van der Waals surface area contributed by atoms with Crippen molar-refractivity contribution in [3.8, 4) is 5.75 Å². The molecule has 0 aliphatic heterocycles. The van der Waals surface area contributed by atoms with E-state index in [-0.39, 0.29) is 17.6 Å². The van der Waals surface area contributed by atoms with Gasteiger partial charge in [0.05, 0.1) is 10.3 Å². The van der Waals surface area contributed by atoms with Crippen molar-refractivity contribution < 1.29 is 9.53 Å². The largest absolute Gasteiger partial charge is 0.484 e. The van der Waals surface area contributed by atoms with Crippen LogP contribution in [0.4, 0.5) is 0 Å². The molecule has 2 aromatic carbocycles. The van der Waals surface area contributed by atoms with E-state index >= 15 is 0 Å². The number of halogens is 1. The first-order chi connectivity index (χ1) is 13.6. The van der Waals surface area contributed by atoms with Crippen LogP contribution in [0.25, 0.3) is 0 Å². The number of thioether (sulfide) groups is 1. The van der Waals surface area contributed by atoms with Crippen molar-refractivity contribution in [2.45, 2.75) is 42.8 Å². The maximum atomic E-state index is 12.7. The predicted molar refractivity (Wildman–Crippen MR) is 110 cm³/mol. The molecule has 0 spiro atoms. The number of para-hydroxylation sites is 1. The van der Waals surface area contributed by atoms with Gasteiger partial charge in [-0.1, -0.05) is 65.8 Å². The molecule has 0 saturated heterocycles. The Bertz CT molecular complexity index is 973. The number of carbonyl (C=O) groups excluding carboxylic acids is 1. The van der Waals surface area contributed by atoms with Gasteiger partial charge >= 0.3 is 0 Å². The summed E-state index contributed by atoms with van der Waals surface area (Å²) in [7, 11) is 0. The van der Waals surface area contributed by atoms with Gasteiger partial charge in [0.2, 0.25) is 0 Å². The van der Waals surface area contributed by atoms with Crippen molar-refractivity contribution in [3.63, 3.8) is 0 Å². The minimum Gasteiger partial charge on any atom is -0.484 e. The number of ether oxygens (including phenoxy) is 1. The maximum absolute atomic E-state index is 12.7. The molecule has 0 radical (unpaired) electrons. The maximum Gasteiger partial charge on any atom is 0.192 e. The molecule has 1 atom stereocenters. The molecule has 28 heavy (non-hydrogen) atoms. The predicted octanol–water partition coefficient (Wildman–Crippen LogP) is 5.21. The summed E-state index contributed by atoms with van der Waals surface area (Å²) >= 11 is 7.61. The molecule has 1 heterocycles. The van der Waals surface area contributed by atoms with Gasteiger partial charge in [-0.25, -0.2) is 0 Å². The highest BCUT2D eigenvalue weighted by Crippen LogP contribution is 2.40. The van der Waals surface area contributed by atoms with Crippen LogP contribution in [0, 0.1) is 0 Å². The van der Waals surface area contributed by atoms with Crippen LogP contribution in [0.5, 0.6) is 5.75 Å². The molecule has 1 aliphatic rings. The Morgan fingerprint density at radius 2 is 1.89 bits per heavy atom. The van der Waals surface area contributed by atoms with E-state index in [0.29, 0.717) is 22.4 Å². The zero-order valence-electron chi connectivity index (χ0n) is 15.4. The van der Waals surface area contributed by atoms with Crippen LogP contribution < -0.4 is 4.74 Å². The standard InChI is InChI=1S/C21H20ClN3O2S/c1-14(20(26)15-7-3-2-4-8-15)28-21-24-23-19(25(21)16-11-12-16)13-27-18-10-6-5-9-17(18)22/h2-10,14,16H,11-13H2,1H3. The molecular weight excluding hydrogens is 394 g/mol. The van der Waals surface area contributed by atoms with Gasteiger partial charge in [-0.05, 0) is 31.9 Å². The molecular formula is C21H20ClN3O2S. The summed E-state index contributed by atoms with van der Waals surface area (Å²) < 4.78 is 7.95. The number of nitrogens with zero attached hydrogens (tertiary/aromatic N) is 3. The molecule has 1 saturated carbocycles. The van der Waals surface area contributed by atoms with E-state index in [1.807, 2.05) is 55.5 Å². The third-order valence-corrected chi connectivity index (χ3v) is 5.92. The summed E-state index contributed by atoms with van der Waals surface area (Å²) in [4.78, 5) is 12.7. The Morgan fingerprint density at radius 1 is 1.18 bits per heavy atom. The van der Waals surface area contributed by atoms with Gasteiger partial charge in [-0.3, -0.25) is 9.36 Å². The van der Waals surface area contributed by atoms with E-state index in [0.717, 1.165) is 23.8 Å². The highest BCUT2D eigenvalue weighted by atomic mass is 35.5. The van der Waals surface area contributed by atoms with Crippen LogP contribution in [0.2, 0.25) is 5.02 Å². The van der Waals surface area contributed by atoms with E-state index in [2.05, 4.69) is 14.8 Å². The Hall–Kier alpha value is -2.31. The summed E-state index contributed by atoms with van der Waals surface area (Å²) in [5, 5.41) is 9.74. The molecule has 0 N–H and O–H groups in total. The molecule has 3 aromatic rings. The zero-order chi connectivity index (χ0) is 19.5. The SMILES string of the molecule is CC(Sc1nnc(COc2ccccc2Cl)n1C1CC1)C(=O)c1ccccc1. The van der Waals surface area contributed by atoms with Gasteiger partial charge in [0.1, 0.15) is 12.4 Å². The molecule has 1 aromatic heterocycles. The molecule has 4 rings (SSSR count). The fourth-order valence-electron chi connectivity index (χ4n) is 2.94. The van der Waals surface area contributed by atoms with Crippen molar-refractivity contribution in [2.75, 3.05) is 0 Å². The summed E-state index contributed by atoms with van der Waals surface area (Å²) in [5.41, 5.74) is 0.710. The number of ketones is 1.